The number of hydrogen-bond acceptors (Lipinski definition) is 2. The van der Waals surface area contributed by atoms with Gasteiger partial charge in [-0.05, 0) is 38.1 Å². The number of rotatable bonds is 5. The van der Waals surface area contributed by atoms with Crippen LogP contribution in [0.4, 0.5) is 0 Å². The lowest BCUT2D eigenvalue weighted by molar-refractivity contribution is 0.242. The van der Waals surface area contributed by atoms with E-state index >= 15 is 0 Å². The van der Waals surface area contributed by atoms with Crippen LogP contribution in [0.15, 0.2) is 18.2 Å². The molecular formula is C12H18ClNO. The molecule has 0 aliphatic rings. The van der Waals surface area contributed by atoms with Crippen LogP contribution in [0.3, 0.4) is 0 Å². The van der Waals surface area contributed by atoms with Crippen molar-refractivity contribution < 1.29 is 4.74 Å². The normalized spacial score (nSPS) is 10.7. The predicted molar refractivity (Wildman–Crippen MR) is 64.6 cm³/mol. The highest BCUT2D eigenvalue weighted by molar-refractivity contribution is 6.31. The highest BCUT2D eigenvalue weighted by Crippen LogP contribution is 2.23. The second kappa shape index (κ2) is 5.99. The molecule has 0 saturated carbocycles. The van der Waals surface area contributed by atoms with Crippen molar-refractivity contribution in [3.8, 4) is 5.75 Å². The topological polar surface area (TPSA) is 21.3 Å². The first-order chi connectivity index (χ1) is 7.13. The Morgan fingerprint density at radius 1 is 1.40 bits per heavy atom. The zero-order valence-electron chi connectivity index (χ0n) is 9.51. The molecule has 0 bridgehead atoms. The summed E-state index contributed by atoms with van der Waals surface area (Å²) in [5.41, 5.74) is 1.11. The van der Waals surface area contributed by atoms with E-state index in [9.17, 15) is 0 Å². The number of nitrogens with one attached hydrogen (secondary N) is 1. The van der Waals surface area contributed by atoms with Gasteiger partial charge in [0.25, 0.3) is 0 Å². The Morgan fingerprint density at radius 3 is 2.67 bits per heavy atom. The third-order valence-corrected chi connectivity index (χ3v) is 2.31. The maximum Gasteiger partial charge on any atom is 0.121 e. The monoisotopic (exact) mass is 227 g/mol. The van der Waals surface area contributed by atoms with Crippen molar-refractivity contribution in [2.24, 2.45) is 0 Å². The summed E-state index contributed by atoms with van der Waals surface area (Å²) >= 11 is 6.13. The van der Waals surface area contributed by atoms with E-state index < -0.39 is 0 Å². The quantitative estimate of drug-likeness (QED) is 0.834. The van der Waals surface area contributed by atoms with Gasteiger partial charge in [0.05, 0.1) is 6.10 Å². The fourth-order valence-corrected chi connectivity index (χ4v) is 1.51. The van der Waals surface area contributed by atoms with Crippen molar-refractivity contribution in [1.29, 1.82) is 0 Å². The smallest absolute Gasteiger partial charge is 0.121 e. The van der Waals surface area contributed by atoms with Gasteiger partial charge in [-0.2, -0.15) is 0 Å². The summed E-state index contributed by atoms with van der Waals surface area (Å²) in [6.07, 6.45) is 0.181. The van der Waals surface area contributed by atoms with Crippen molar-refractivity contribution in [3.63, 3.8) is 0 Å². The standard InChI is InChI=1S/C12H18ClNO/c1-4-14-8-10-5-6-11(7-12(10)13)15-9(2)3/h5-7,9,14H,4,8H2,1-3H3. The number of benzene rings is 1. The summed E-state index contributed by atoms with van der Waals surface area (Å²) < 4.78 is 5.55. The Labute approximate surface area is 96.6 Å². The lowest BCUT2D eigenvalue weighted by atomic mass is 10.2. The van der Waals surface area contributed by atoms with Gasteiger partial charge in [-0.1, -0.05) is 24.6 Å². The van der Waals surface area contributed by atoms with Crippen molar-refractivity contribution in [2.75, 3.05) is 6.54 Å². The molecule has 1 rings (SSSR count). The van der Waals surface area contributed by atoms with Crippen LogP contribution < -0.4 is 10.1 Å². The van der Waals surface area contributed by atoms with Gasteiger partial charge < -0.3 is 10.1 Å². The van der Waals surface area contributed by atoms with E-state index in [2.05, 4.69) is 12.2 Å². The van der Waals surface area contributed by atoms with Gasteiger partial charge in [0.2, 0.25) is 0 Å². The average Bonchev–Trinajstić information content (AvgIpc) is 2.15. The van der Waals surface area contributed by atoms with Gasteiger partial charge >= 0.3 is 0 Å². The van der Waals surface area contributed by atoms with Crippen molar-refractivity contribution in [1.82, 2.24) is 5.32 Å². The van der Waals surface area contributed by atoms with Crippen LogP contribution in [-0.4, -0.2) is 12.6 Å². The fraction of sp³-hybridized carbons (Fsp3) is 0.500. The van der Waals surface area contributed by atoms with Gasteiger partial charge in [-0.25, -0.2) is 0 Å². The Hall–Kier alpha value is -0.730. The van der Waals surface area contributed by atoms with Gasteiger partial charge in [0, 0.05) is 11.6 Å². The van der Waals surface area contributed by atoms with Crippen LogP contribution in [0.2, 0.25) is 5.02 Å². The summed E-state index contributed by atoms with van der Waals surface area (Å²) in [6, 6.07) is 5.83. The molecule has 0 atom stereocenters. The van der Waals surface area contributed by atoms with Crippen LogP contribution >= 0.6 is 11.6 Å². The highest BCUT2D eigenvalue weighted by atomic mass is 35.5. The number of ether oxygens (including phenoxy) is 1. The van der Waals surface area contributed by atoms with Gasteiger partial charge in [0.1, 0.15) is 5.75 Å². The van der Waals surface area contributed by atoms with E-state index in [-0.39, 0.29) is 6.10 Å². The molecule has 0 fully saturated rings. The van der Waals surface area contributed by atoms with E-state index in [0.717, 1.165) is 29.4 Å². The van der Waals surface area contributed by atoms with Gasteiger partial charge in [0.15, 0.2) is 0 Å². The molecule has 0 heterocycles. The van der Waals surface area contributed by atoms with Gasteiger partial charge in [-0.3, -0.25) is 0 Å². The largest absolute Gasteiger partial charge is 0.491 e. The van der Waals surface area contributed by atoms with Crippen LogP contribution in [0.5, 0.6) is 5.75 Å². The zero-order valence-corrected chi connectivity index (χ0v) is 10.3. The maximum atomic E-state index is 6.13. The van der Waals surface area contributed by atoms with E-state index in [1.165, 1.54) is 0 Å². The first-order valence-electron chi connectivity index (χ1n) is 5.29. The summed E-state index contributed by atoms with van der Waals surface area (Å²) in [7, 11) is 0. The summed E-state index contributed by atoms with van der Waals surface area (Å²) in [5.74, 6) is 0.829. The van der Waals surface area contributed by atoms with E-state index in [0.29, 0.717) is 0 Å². The van der Waals surface area contributed by atoms with E-state index in [1.807, 2.05) is 32.0 Å². The Morgan fingerprint density at radius 2 is 2.13 bits per heavy atom. The second-order valence-electron chi connectivity index (χ2n) is 3.70. The lowest BCUT2D eigenvalue weighted by Crippen LogP contribution is -2.12. The molecule has 0 amide bonds. The van der Waals surface area contributed by atoms with Gasteiger partial charge in [-0.15, -0.1) is 0 Å². The third kappa shape index (κ3) is 4.10. The molecule has 0 radical (unpaired) electrons. The number of hydrogen-bond donors (Lipinski definition) is 1. The molecular weight excluding hydrogens is 210 g/mol. The van der Waals surface area contributed by atoms with Crippen LogP contribution in [0.1, 0.15) is 26.3 Å². The van der Waals surface area contributed by atoms with E-state index in [4.69, 9.17) is 16.3 Å². The summed E-state index contributed by atoms with van der Waals surface area (Å²) in [4.78, 5) is 0. The van der Waals surface area contributed by atoms with Crippen molar-refractivity contribution in [3.05, 3.63) is 28.8 Å². The number of halogens is 1. The molecule has 1 aromatic carbocycles. The van der Waals surface area contributed by atoms with E-state index in [1.54, 1.807) is 0 Å². The first-order valence-corrected chi connectivity index (χ1v) is 5.67. The molecule has 0 unspecified atom stereocenters. The van der Waals surface area contributed by atoms with Crippen LogP contribution in [-0.2, 0) is 6.54 Å². The van der Waals surface area contributed by atoms with Crippen LogP contribution in [0.25, 0.3) is 0 Å². The van der Waals surface area contributed by atoms with Crippen molar-refractivity contribution in [2.45, 2.75) is 33.4 Å². The highest BCUT2D eigenvalue weighted by Gasteiger charge is 2.03. The molecule has 15 heavy (non-hydrogen) atoms. The summed E-state index contributed by atoms with van der Waals surface area (Å²) in [5, 5.41) is 4.00. The maximum absolute atomic E-state index is 6.13. The molecule has 0 aliphatic heterocycles. The zero-order chi connectivity index (χ0) is 11.3. The Balaban J connectivity index is 2.69. The summed E-state index contributed by atoms with van der Waals surface area (Å²) in [6.45, 7) is 7.82. The molecule has 1 N–H and O–H groups in total. The van der Waals surface area contributed by atoms with Crippen LogP contribution in [0, 0.1) is 0 Å². The molecule has 0 aromatic heterocycles. The fourth-order valence-electron chi connectivity index (χ4n) is 1.28. The Kier molecular flexibility index (Phi) is 4.92. The minimum atomic E-state index is 0.181. The molecule has 2 nitrogen and oxygen atoms in total. The average molecular weight is 228 g/mol. The molecule has 0 spiro atoms. The molecule has 0 saturated heterocycles. The second-order valence-corrected chi connectivity index (χ2v) is 4.11. The third-order valence-electron chi connectivity index (χ3n) is 1.96. The molecule has 3 heteroatoms. The van der Waals surface area contributed by atoms with Crippen molar-refractivity contribution >= 4 is 11.6 Å². The molecule has 0 aliphatic carbocycles. The minimum Gasteiger partial charge on any atom is -0.491 e. The lowest BCUT2D eigenvalue weighted by Gasteiger charge is -2.11. The predicted octanol–water partition coefficient (Wildman–Crippen LogP) is 3.24. The molecule has 1 aromatic rings. The SMILES string of the molecule is CCNCc1ccc(OC(C)C)cc1Cl. The molecule has 84 valence electrons. The first kappa shape index (κ1) is 12.3. The minimum absolute atomic E-state index is 0.181. The Bertz CT molecular complexity index is 312.